The maximum Gasteiger partial charge on any atom is 0.264 e. The number of nitriles is 1. The number of benzene rings is 2. The molecule has 5 nitrogen and oxygen atoms in total. The van der Waals surface area contributed by atoms with Crippen LogP contribution in [0, 0.1) is 11.3 Å². The molecule has 27 heavy (non-hydrogen) atoms. The molecule has 1 aliphatic rings. The number of carbonyl (C=O) groups is 1. The Kier molecular flexibility index (Phi) is 4.60. The number of carbonyl (C=O) groups excluding carboxylic acids is 1. The van der Waals surface area contributed by atoms with E-state index >= 15 is 0 Å². The third-order valence-electron chi connectivity index (χ3n) is 3.85. The molecule has 1 saturated heterocycles. The summed E-state index contributed by atoms with van der Waals surface area (Å²) >= 11 is 1.26. The van der Waals surface area contributed by atoms with E-state index in [9.17, 15) is 10.1 Å². The molecule has 1 amide bonds. The van der Waals surface area contributed by atoms with Crippen molar-refractivity contribution in [2.75, 3.05) is 0 Å². The van der Waals surface area contributed by atoms with Crippen molar-refractivity contribution in [3.05, 3.63) is 83.0 Å². The van der Waals surface area contributed by atoms with Crippen LogP contribution in [0.4, 0.5) is 5.69 Å². The minimum absolute atomic E-state index is 0.218. The smallest absolute Gasteiger partial charge is 0.264 e. The van der Waals surface area contributed by atoms with Crippen LogP contribution in [0.25, 0.3) is 17.4 Å². The molecule has 130 valence electrons. The highest BCUT2D eigenvalue weighted by atomic mass is 32.2. The van der Waals surface area contributed by atoms with Crippen molar-refractivity contribution in [1.82, 2.24) is 5.32 Å². The SMILES string of the molecule is N#Cc1ccccc1-c1ccc(C=C2SC(=Nc3ccccc3)NC2=O)o1. The largest absolute Gasteiger partial charge is 0.457 e. The number of nitrogens with zero attached hydrogens (tertiary/aromatic N) is 2. The molecule has 0 spiro atoms. The van der Waals surface area contributed by atoms with Crippen LogP contribution in [0.3, 0.4) is 0 Å². The van der Waals surface area contributed by atoms with E-state index in [0.717, 1.165) is 11.3 Å². The van der Waals surface area contributed by atoms with Crippen LogP contribution in [-0.2, 0) is 4.79 Å². The number of aliphatic imine (C=N–C) groups is 1. The molecule has 2 heterocycles. The predicted octanol–water partition coefficient (Wildman–Crippen LogP) is 4.71. The quantitative estimate of drug-likeness (QED) is 0.676. The Morgan fingerprint density at radius 2 is 1.81 bits per heavy atom. The van der Waals surface area contributed by atoms with E-state index in [2.05, 4.69) is 16.4 Å². The van der Waals surface area contributed by atoms with Crippen LogP contribution < -0.4 is 5.32 Å². The van der Waals surface area contributed by atoms with E-state index < -0.39 is 0 Å². The topological polar surface area (TPSA) is 78.4 Å². The van der Waals surface area contributed by atoms with E-state index in [4.69, 9.17) is 4.42 Å². The zero-order valence-corrected chi connectivity index (χ0v) is 14.9. The van der Waals surface area contributed by atoms with Gasteiger partial charge in [0.05, 0.1) is 22.2 Å². The summed E-state index contributed by atoms with van der Waals surface area (Å²) in [5.74, 6) is 0.905. The molecule has 0 radical (unpaired) electrons. The molecule has 1 aliphatic heterocycles. The second-order valence-corrected chi connectivity index (χ2v) is 6.71. The first kappa shape index (κ1) is 16.9. The fourth-order valence-corrected chi connectivity index (χ4v) is 3.42. The highest BCUT2D eigenvalue weighted by Gasteiger charge is 2.24. The van der Waals surface area contributed by atoms with Gasteiger partial charge in [-0.05, 0) is 48.2 Å². The summed E-state index contributed by atoms with van der Waals surface area (Å²) < 4.78 is 5.82. The number of nitrogens with one attached hydrogen (secondary N) is 1. The lowest BCUT2D eigenvalue weighted by Gasteiger charge is -1.98. The molecular formula is C21H13N3O2S. The summed E-state index contributed by atoms with van der Waals surface area (Å²) in [4.78, 5) is 17.1. The molecule has 0 atom stereocenters. The van der Waals surface area contributed by atoms with Crippen LogP contribution >= 0.6 is 11.8 Å². The second kappa shape index (κ2) is 7.36. The molecule has 0 saturated carbocycles. The average Bonchev–Trinajstić information content (AvgIpc) is 3.29. The number of hydrogen-bond donors (Lipinski definition) is 1. The fourth-order valence-electron chi connectivity index (χ4n) is 2.60. The highest BCUT2D eigenvalue weighted by molar-refractivity contribution is 8.18. The van der Waals surface area contributed by atoms with E-state index in [-0.39, 0.29) is 5.91 Å². The second-order valence-electron chi connectivity index (χ2n) is 5.68. The van der Waals surface area contributed by atoms with Gasteiger partial charge in [-0.3, -0.25) is 4.79 Å². The first-order valence-corrected chi connectivity index (χ1v) is 8.98. The maximum atomic E-state index is 12.2. The Labute approximate surface area is 160 Å². The van der Waals surface area contributed by atoms with E-state index in [1.807, 2.05) is 42.5 Å². The third kappa shape index (κ3) is 3.68. The normalized spacial score (nSPS) is 16.5. The van der Waals surface area contributed by atoms with E-state index in [1.54, 1.807) is 30.3 Å². The first-order valence-electron chi connectivity index (χ1n) is 8.17. The van der Waals surface area contributed by atoms with Crippen molar-refractivity contribution >= 4 is 34.6 Å². The van der Waals surface area contributed by atoms with Gasteiger partial charge in [-0.1, -0.05) is 30.3 Å². The minimum Gasteiger partial charge on any atom is -0.457 e. The molecule has 1 N–H and O–H groups in total. The van der Waals surface area contributed by atoms with Crippen LogP contribution in [0.1, 0.15) is 11.3 Å². The summed E-state index contributed by atoms with van der Waals surface area (Å²) in [6.07, 6.45) is 1.67. The molecule has 6 heteroatoms. The van der Waals surface area contributed by atoms with Crippen molar-refractivity contribution in [3.63, 3.8) is 0 Å². The first-order chi connectivity index (χ1) is 13.2. The number of amidine groups is 1. The number of rotatable bonds is 3. The molecule has 4 rings (SSSR count). The Hall–Kier alpha value is -3.56. The standard InChI is InChI=1S/C21H13N3O2S/c22-13-14-6-4-5-9-17(14)18-11-10-16(26-18)12-19-20(25)24-21(27-19)23-15-7-2-1-3-8-15/h1-12H,(H,23,24,25). The number of amides is 1. The lowest BCUT2D eigenvalue weighted by atomic mass is 10.1. The number of hydrogen-bond acceptors (Lipinski definition) is 5. The minimum atomic E-state index is -0.218. The Morgan fingerprint density at radius 1 is 1.04 bits per heavy atom. The van der Waals surface area contributed by atoms with Crippen molar-refractivity contribution in [2.45, 2.75) is 0 Å². The zero-order valence-electron chi connectivity index (χ0n) is 14.0. The average molecular weight is 371 g/mol. The zero-order chi connectivity index (χ0) is 18.6. The van der Waals surface area contributed by atoms with Gasteiger partial charge >= 0.3 is 0 Å². The van der Waals surface area contributed by atoms with Gasteiger partial charge in [-0.15, -0.1) is 0 Å². The van der Waals surface area contributed by atoms with Gasteiger partial charge in [0.1, 0.15) is 11.5 Å². The Balaban J connectivity index is 1.58. The summed E-state index contributed by atoms with van der Waals surface area (Å²) in [5.41, 5.74) is 2.03. The molecule has 0 bridgehead atoms. The maximum absolute atomic E-state index is 12.2. The van der Waals surface area contributed by atoms with Gasteiger partial charge in [0.25, 0.3) is 5.91 Å². The van der Waals surface area contributed by atoms with E-state index in [0.29, 0.717) is 27.2 Å². The monoisotopic (exact) mass is 371 g/mol. The van der Waals surface area contributed by atoms with Crippen molar-refractivity contribution < 1.29 is 9.21 Å². The third-order valence-corrected chi connectivity index (χ3v) is 4.76. The fraction of sp³-hybridized carbons (Fsp3) is 0. The van der Waals surface area contributed by atoms with Gasteiger partial charge in [0, 0.05) is 11.6 Å². The molecule has 3 aromatic rings. The number of para-hydroxylation sites is 1. The van der Waals surface area contributed by atoms with Gasteiger partial charge in [-0.25, -0.2) is 4.99 Å². The van der Waals surface area contributed by atoms with Crippen molar-refractivity contribution in [2.24, 2.45) is 4.99 Å². The molecular weight excluding hydrogens is 358 g/mol. The molecule has 1 aromatic heterocycles. The molecule has 0 unspecified atom stereocenters. The van der Waals surface area contributed by atoms with E-state index in [1.165, 1.54) is 11.8 Å². The van der Waals surface area contributed by atoms with Crippen molar-refractivity contribution in [3.8, 4) is 17.4 Å². The van der Waals surface area contributed by atoms with Gasteiger partial charge in [-0.2, -0.15) is 5.26 Å². The van der Waals surface area contributed by atoms with Gasteiger partial charge < -0.3 is 9.73 Å². The summed E-state index contributed by atoms with van der Waals surface area (Å²) in [7, 11) is 0. The number of furan rings is 1. The molecule has 2 aromatic carbocycles. The van der Waals surface area contributed by atoms with Crippen LogP contribution in [0.5, 0.6) is 0 Å². The number of thioether (sulfide) groups is 1. The van der Waals surface area contributed by atoms with Crippen molar-refractivity contribution in [1.29, 1.82) is 5.26 Å². The molecule has 1 fully saturated rings. The Bertz CT molecular complexity index is 1110. The van der Waals surface area contributed by atoms with Crippen LogP contribution in [0.15, 0.2) is 81.0 Å². The summed E-state index contributed by atoms with van der Waals surface area (Å²) in [6.45, 7) is 0. The van der Waals surface area contributed by atoms with Gasteiger partial charge in [0.15, 0.2) is 5.17 Å². The lowest BCUT2D eigenvalue weighted by Crippen LogP contribution is -2.19. The van der Waals surface area contributed by atoms with Crippen LogP contribution in [-0.4, -0.2) is 11.1 Å². The van der Waals surface area contributed by atoms with Gasteiger partial charge in [0.2, 0.25) is 0 Å². The summed E-state index contributed by atoms with van der Waals surface area (Å²) in [5, 5.41) is 12.5. The van der Waals surface area contributed by atoms with Crippen LogP contribution in [0.2, 0.25) is 0 Å². The lowest BCUT2D eigenvalue weighted by molar-refractivity contribution is -0.115. The summed E-state index contributed by atoms with van der Waals surface area (Å²) in [6, 6.07) is 22.4. The molecule has 0 aliphatic carbocycles. The highest BCUT2D eigenvalue weighted by Crippen LogP contribution is 2.30. The predicted molar refractivity (Wildman–Crippen MR) is 106 cm³/mol. The Morgan fingerprint density at radius 3 is 2.63 bits per heavy atom.